The van der Waals surface area contributed by atoms with E-state index < -0.39 is 10.2 Å². The lowest BCUT2D eigenvalue weighted by molar-refractivity contribution is 0.0278. The molecule has 19 heavy (non-hydrogen) atoms. The lowest BCUT2D eigenvalue weighted by Crippen LogP contribution is -2.45. The molecule has 1 aliphatic carbocycles. The van der Waals surface area contributed by atoms with Crippen molar-refractivity contribution in [2.75, 3.05) is 14.1 Å². The first-order valence-corrected chi connectivity index (χ1v) is 7.77. The van der Waals surface area contributed by atoms with Gasteiger partial charge in [-0.2, -0.15) is 17.4 Å². The molecule has 1 aromatic rings. The van der Waals surface area contributed by atoms with Crippen LogP contribution >= 0.6 is 0 Å². The summed E-state index contributed by atoms with van der Waals surface area (Å²) in [5, 5.41) is 9.43. The zero-order valence-electron chi connectivity index (χ0n) is 11.2. The fourth-order valence-electron chi connectivity index (χ4n) is 2.26. The van der Waals surface area contributed by atoms with E-state index in [1.54, 1.807) is 0 Å². The fraction of sp³-hybridized carbons (Fsp3) is 0.538. The molecular formula is C13H20N2O3S. The Morgan fingerprint density at radius 2 is 1.84 bits per heavy atom. The van der Waals surface area contributed by atoms with Crippen molar-refractivity contribution in [2.24, 2.45) is 5.92 Å². The Morgan fingerprint density at radius 3 is 2.32 bits per heavy atom. The van der Waals surface area contributed by atoms with Gasteiger partial charge in [-0.25, -0.2) is 0 Å². The summed E-state index contributed by atoms with van der Waals surface area (Å²) >= 11 is 0. The summed E-state index contributed by atoms with van der Waals surface area (Å²) < 4.78 is 27.9. The first-order chi connectivity index (χ1) is 8.90. The number of aliphatic hydroxyl groups is 1. The molecule has 1 unspecified atom stereocenters. The summed E-state index contributed by atoms with van der Waals surface area (Å²) in [6.45, 7) is 0. The summed E-state index contributed by atoms with van der Waals surface area (Å²) in [5.74, 6) is 0.145. The maximum Gasteiger partial charge on any atom is 0.279 e. The van der Waals surface area contributed by atoms with Gasteiger partial charge in [0.1, 0.15) is 0 Å². The van der Waals surface area contributed by atoms with Crippen LogP contribution < -0.4 is 4.72 Å². The Bertz CT molecular complexity index is 510. The molecule has 5 nitrogen and oxygen atoms in total. The van der Waals surface area contributed by atoms with Crippen molar-refractivity contribution >= 4 is 10.2 Å². The minimum absolute atomic E-state index is 0.145. The molecule has 2 N–H and O–H groups in total. The number of rotatable bonds is 5. The van der Waals surface area contributed by atoms with Gasteiger partial charge >= 0.3 is 0 Å². The van der Waals surface area contributed by atoms with Gasteiger partial charge in [-0.1, -0.05) is 30.3 Å². The Kier molecular flexibility index (Phi) is 4.25. The summed E-state index contributed by atoms with van der Waals surface area (Å²) in [7, 11) is -0.483. The van der Waals surface area contributed by atoms with E-state index in [9.17, 15) is 13.5 Å². The molecule has 1 saturated carbocycles. The van der Waals surface area contributed by atoms with Gasteiger partial charge in [0.2, 0.25) is 0 Å². The normalized spacial score (nSPS) is 25.1. The van der Waals surface area contributed by atoms with Gasteiger partial charge in [0.25, 0.3) is 10.2 Å². The van der Waals surface area contributed by atoms with Crippen molar-refractivity contribution in [3.8, 4) is 0 Å². The van der Waals surface area contributed by atoms with E-state index in [-0.39, 0.29) is 18.1 Å². The third-order valence-corrected chi connectivity index (χ3v) is 5.05. The van der Waals surface area contributed by atoms with Crippen LogP contribution in [-0.4, -0.2) is 38.0 Å². The van der Waals surface area contributed by atoms with E-state index in [1.165, 1.54) is 14.1 Å². The maximum atomic E-state index is 12.0. The second-order valence-corrected chi connectivity index (χ2v) is 7.10. The topological polar surface area (TPSA) is 69.6 Å². The number of hydrogen-bond donors (Lipinski definition) is 2. The highest BCUT2D eigenvalue weighted by atomic mass is 32.2. The summed E-state index contributed by atoms with van der Waals surface area (Å²) in [5.41, 5.74) is 0.935. The molecule has 1 fully saturated rings. The van der Waals surface area contributed by atoms with Crippen LogP contribution in [0.25, 0.3) is 0 Å². The van der Waals surface area contributed by atoms with Gasteiger partial charge in [0, 0.05) is 14.1 Å². The van der Waals surface area contributed by atoms with Crippen LogP contribution in [0.15, 0.2) is 30.3 Å². The standard InChI is InChI=1S/C13H20N2O3S/c1-15(2)19(17,18)14-13(11-8-12(16)9-11)10-6-4-3-5-7-10/h3-7,11-14,16H,8-9H2,1-2H3. The van der Waals surface area contributed by atoms with Crippen LogP contribution in [0.5, 0.6) is 0 Å². The van der Waals surface area contributed by atoms with E-state index in [0.717, 1.165) is 9.87 Å². The van der Waals surface area contributed by atoms with Gasteiger partial charge in [-0.15, -0.1) is 0 Å². The predicted molar refractivity (Wildman–Crippen MR) is 73.7 cm³/mol. The molecule has 1 atom stereocenters. The number of nitrogens with one attached hydrogen (secondary N) is 1. The molecule has 0 amide bonds. The average Bonchev–Trinajstić information content (AvgIpc) is 2.33. The molecule has 0 radical (unpaired) electrons. The van der Waals surface area contributed by atoms with Crippen molar-refractivity contribution in [3.05, 3.63) is 35.9 Å². The third kappa shape index (κ3) is 3.33. The molecule has 1 aromatic carbocycles. The number of nitrogens with zero attached hydrogens (tertiary/aromatic N) is 1. The first-order valence-electron chi connectivity index (χ1n) is 6.33. The quantitative estimate of drug-likeness (QED) is 0.844. The summed E-state index contributed by atoms with van der Waals surface area (Å²) in [6.07, 6.45) is 0.963. The van der Waals surface area contributed by atoms with E-state index >= 15 is 0 Å². The van der Waals surface area contributed by atoms with Crippen LogP contribution in [0.4, 0.5) is 0 Å². The Morgan fingerprint density at radius 1 is 1.26 bits per heavy atom. The largest absolute Gasteiger partial charge is 0.393 e. The first kappa shape index (κ1) is 14.5. The SMILES string of the molecule is CN(C)S(=O)(=O)NC(c1ccccc1)C1CC(O)C1. The molecule has 0 spiro atoms. The van der Waals surface area contributed by atoms with E-state index in [0.29, 0.717) is 12.8 Å². The van der Waals surface area contributed by atoms with Crippen LogP contribution in [0, 0.1) is 5.92 Å². The van der Waals surface area contributed by atoms with Gasteiger partial charge in [0.15, 0.2) is 0 Å². The van der Waals surface area contributed by atoms with Gasteiger partial charge in [-0.3, -0.25) is 0 Å². The second-order valence-electron chi connectivity index (χ2n) is 5.18. The number of benzene rings is 1. The highest BCUT2D eigenvalue weighted by molar-refractivity contribution is 7.87. The number of hydrogen-bond acceptors (Lipinski definition) is 3. The molecular weight excluding hydrogens is 264 g/mol. The lowest BCUT2D eigenvalue weighted by Gasteiger charge is -2.38. The molecule has 0 bridgehead atoms. The van der Waals surface area contributed by atoms with Crippen molar-refractivity contribution in [1.82, 2.24) is 9.03 Å². The Labute approximate surface area is 114 Å². The highest BCUT2D eigenvalue weighted by Crippen LogP contribution is 2.38. The molecule has 0 heterocycles. The predicted octanol–water partition coefficient (Wildman–Crippen LogP) is 0.895. The van der Waals surface area contributed by atoms with Crippen molar-refractivity contribution in [3.63, 3.8) is 0 Å². The van der Waals surface area contributed by atoms with E-state index in [1.807, 2.05) is 30.3 Å². The minimum atomic E-state index is -3.48. The second kappa shape index (κ2) is 5.58. The molecule has 6 heteroatoms. The Balaban J connectivity index is 2.21. The molecule has 1 aliphatic rings. The fourth-order valence-corrected chi connectivity index (χ4v) is 3.12. The molecule has 0 aliphatic heterocycles. The van der Waals surface area contributed by atoms with Crippen LogP contribution in [0.1, 0.15) is 24.4 Å². The van der Waals surface area contributed by atoms with Crippen molar-refractivity contribution in [1.29, 1.82) is 0 Å². The Hall–Kier alpha value is -0.950. The van der Waals surface area contributed by atoms with E-state index in [2.05, 4.69) is 4.72 Å². The van der Waals surface area contributed by atoms with Crippen molar-refractivity contribution in [2.45, 2.75) is 25.0 Å². The average molecular weight is 284 g/mol. The summed E-state index contributed by atoms with van der Waals surface area (Å²) in [6, 6.07) is 9.22. The zero-order chi connectivity index (χ0) is 14.0. The zero-order valence-corrected chi connectivity index (χ0v) is 12.0. The molecule has 106 valence electrons. The van der Waals surface area contributed by atoms with Gasteiger partial charge in [0.05, 0.1) is 12.1 Å². The third-order valence-electron chi connectivity index (χ3n) is 3.54. The maximum absolute atomic E-state index is 12.0. The molecule has 2 rings (SSSR count). The monoisotopic (exact) mass is 284 g/mol. The smallest absolute Gasteiger partial charge is 0.279 e. The van der Waals surface area contributed by atoms with Gasteiger partial charge < -0.3 is 5.11 Å². The van der Waals surface area contributed by atoms with Crippen LogP contribution in [0.3, 0.4) is 0 Å². The van der Waals surface area contributed by atoms with Gasteiger partial charge in [-0.05, 0) is 24.3 Å². The van der Waals surface area contributed by atoms with Crippen LogP contribution in [-0.2, 0) is 10.2 Å². The summed E-state index contributed by atoms with van der Waals surface area (Å²) in [4.78, 5) is 0. The minimum Gasteiger partial charge on any atom is -0.393 e. The molecule has 0 saturated heterocycles. The van der Waals surface area contributed by atoms with Crippen molar-refractivity contribution < 1.29 is 13.5 Å². The highest BCUT2D eigenvalue weighted by Gasteiger charge is 2.37. The lowest BCUT2D eigenvalue weighted by atomic mass is 9.75. The van der Waals surface area contributed by atoms with Crippen LogP contribution in [0.2, 0.25) is 0 Å². The number of aliphatic hydroxyl groups excluding tert-OH is 1. The van der Waals surface area contributed by atoms with E-state index in [4.69, 9.17) is 0 Å². The molecule has 0 aromatic heterocycles.